The second-order valence-corrected chi connectivity index (χ2v) is 17.3. The van der Waals surface area contributed by atoms with Crippen LogP contribution in [0.3, 0.4) is 0 Å². The number of aryl methyl sites for hydroxylation is 2. The summed E-state index contributed by atoms with van der Waals surface area (Å²) in [6.45, 7) is 13.1. The van der Waals surface area contributed by atoms with Gasteiger partial charge in [-0.15, -0.1) is 0 Å². The number of hydrogen-bond donors (Lipinski definition) is 3. The number of piperidine rings is 1. The molecule has 6 atom stereocenters. The number of nitrogens with one attached hydrogen (secondary N) is 3. The number of rotatable bonds is 4. The van der Waals surface area contributed by atoms with Crippen LogP contribution in [0.4, 0.5) is 0 Å². The normalized spacial score (nSPS) is 36.0. The molecule has 3 aliphatic heterocycles. The van der Waals surface area contributed by atoms with E-state index >= 15 is 0 Å². The number of hydrogen-bond acceptors (Lipinski definition) is 7. The summed E-state index contributed by atoms with van der Waals surface area (Å²) in [6, 6.07) is 7.32. The van der Waals surface area contributed by atoms with Gasteiger partial charge in [-0.3, -0.25) is 15.5 Å². The predicted octanol–water partition coefficient (Wildman–Crippen LogP) is 4.64. The third kappa shape index (κ3) is 7.18. The van der Waals surface area contributed by atoms with E-state index in [9.17, 15) is 8.42 Å². The Morgan fingerprint density at radius 2 is 1.77 bits per heavy atom. The summed E-state index contributed by atoms with van der Waals surface area (Å²) >= 11 is 0. The van der Waals surface area contributed by atoms with Crippen LogP contribution in [0.25, 0.3) is 0 Å². The Bertz CT molecular complexity index is 1190. The van der Waals surface area contributed by atoms with Gasteiger partial charge in [0.15, 0.2) is 0 Å². The number of benzene rings is 1. The van der Waals surface area contributed by atoms with Crippen LogP contribution in [0.15, 0.2) is 18.2 Å². The maximum absolute atomic E-state index is 13.9. The first-order chi connectivity index (χ1) is 20.5. The molecule has 2 aliphatic carbocycles. The Balaban J connectivity index is 1.29. The van der Waals surface area contributed by atoms with Crippen molar-refractivity contribution in [1.29, 1.82) is 0 Å². The first-order valence-corrected chi connectivity index (χ1v) is 18.7. The molecule has 6 rings (SSSR count). The van der Waals surface area contributed by atoms with Crippen LogP contribution in [0, 0.1) is 31.1 Å². The maximum Gasteiger partial charge on any atom is 0.216 e. The molecule has 5 aliphatic rings. The number of sulfonamides is 1. The van der Waals surface area contributed by atoms with Crippen molar-refractivity contribution in [3.05, 3.63) is 34.9 Å². The lowest BCUT2D eigenvalue weighted by molar-refractivity contribution is -0.0938. The van der Waals surface area contributed by atoms with Crippen molar-refractivity contribution in [2.24, 2.45) is 17.3 Å². The summed E-state index contributed by atoms with van der Waals surface area (Å²) in [5, 5.41) is 6.77. The van der Waals surface area contributed by atoms with Gasteiger partial charge in [0.25, 0.3) is 0 Å². The highest BCUT2D eigenvalue weighted by atomic mass is 32.2. The number of fused-ring (bicyclic) bond motifs is 4. The minimum atomic E-state index is -3.51. The fourth-order valence-corrected chi connectivity index (χ4v) is 10.8. The monoisotopic (exact) mass is 615 g/mol. The van der Waals surface area contributed by atoms with E-state index in [1.165, 1.54) is 55.5 Å². The zero-order chi connectivity index (χ0) is 30.4. The second kappa shape index (κ2) is 13.0. The molecule has 1 spiro atoms. The molecular formula is C34H57N5O3S. The van der Waals surface area contributed by atoms with Crippen LogP contribution in [-0.2, 0) is 14.8 Å². The van der Waals surface area contributed by atoms with E-state index in [0.717, 1.165) is 45.1 Å². The molecule has 1 aromatic carbocycles. The molecule has 9 heteroatoms. The summed E-state index contributed by atoms with van der Waals surface area (Å²) in [5.74, 6) is 0.976. The van der Waals surface area contributed by atoms with E-state index in [4.69, 9.17) is 4.74 Å². The summed E-state index contributed by atoms with van der Waals surface area (Å²) in [6.07, 6.45) is 9.85. The van der Waals surface area contributed by atoms with E-state index in [0.29, 0.717) is 35.9 Å². The van der Waals surface area contributed by atoms with Crippen LogP contribution in [-0.4, -0.2) is 81.4 Å². The van der Waals surface area contributed by atoms with Crippen LogP contribution in [0.2, 0.25) is 0 Å². The third-order valence-corrected chi connectivity index (χ3v) is 13.4. The number of likely N-dealkylation sites (tertiary alicyclic amines) is 1. The fourth-order valence-electron chi connectivity index (χ4n) is 9.14. The van der Waals surface area contributed by atoms with Gasteiger partial charge in [0.2, 0.25) is 10.0 Å². The first-order valence-electron chi connectivity index (χ1n) is 17.2. The molecule has 5 fully saturated rings. The lowest BCUT2D eigenvalue weighted by atomic mass is 9.59. The molecule has 0 radical (unpaired) electrons. The zero-order valence-corrected chi connectivity index (χ0v) is 28.1. The van der Waals surface area contributed by atoms with Gasteiger partial charge in [-0.1, -0.05) is 38.5 Å². The molecule has 5 unspecified atom stereocenters. The van der Waals surface area contributed by atoms with Crippen molar-refractivity contribution >= 4 is 10.0 Å². The van der Waals surface area contributed by atoms with Crippen molar-refractivity contribution in [2.75, 3.05) is 33.3 Å². The van der Waals surface area contributed by atoms with Gasteiger partial charge in [0.1, 0.15) is 12.5 Å². The lowest BCUT2D eigenvalue weighted by Gasteiger charge is -2.57. The molecule has 242 valence electrons. The maximum atomic E-state index is 13.9. The van der Waals surface area contributed by atoms with Crippen LogP contribution in [0.5, 0.6) is 0 Å². The van der Waals surface area contributed by atoms with E-state index in [1.54, 1.807) is 0 Å². The predicted molar refractivity (Wildman–Crippen MR) is 173 cm³/mol. The Hall–Kier alpha value is -1.07. The molecule has 43 heavy (non-hydrogen) atoms. The van der Waals surface area contributed by atoms with Crippen molar-refractivity contribution in [1.82, 2.24) is 25.2 Å². The van der Waals surface area contributed by atoms with Gasteiger partial charge >= 0.3 is 0 Å². The molecule has 0 amide bonds. The van der Waals surface area contributed by atoms with E-state index < -0.39 is 16.3 Å². The standard InChI is InChI=1S/C34H57N5O3S/c1-23(2)16-27-22-42-31-18-30(32-24(3)8-6-9-25(32)4)35-33(36-31)37-43(40,41)29-11-7-10-26(17-29)21-39(27)28-19-34(20-28)12-14-38(5)15-13-34/h6,8-9,23,26-31,33,35-37H,7,10-22H2,1-5H3/t26?,27-,29?,30?,31?,33?/m1/s1. The van der Waals surface area contributed by atoms with Crippen molar-refractivity contribution in [3.8, 4) is 0 Å². The Labute approximate surface area is 261 Å². The Morgan fingerprint density at radius 3 is 2.47 bits per heavy atom. The van der Waals surface area contributed by atoms with Crippen LogP contribution in [0.1, 0.15) is 101 Å². The quantitative estimate of drug-likeness (QED) is 0.455. The van der Waals surface area contributed by atoms with E-state index in [2.05, 4.69) is 78.1 Å². The molecule has 0 aromatic heterocycles. The van der Waals surface area contributed by atoms with Gasteiger partial charge in [-0.05, 0) is 119 Å². The van der Waals surface area contributed by atoms with Crippen molar-refractivity contribution in [3.63, 3.8) is 0 Å². The van der Waals surface area contributed by atoms with Crippen LogP contribution < -0.4 is 15.4 Å². The minimum absolute atomic E-state index is 0.0000396. The number of ether oxygens (including phenoxy) is 1. The summed E-state index contributed by atoms with van der Waals surface area (Å²) in [7, 11) is -1.26. The van der Waals surface area contributed by atoms with Gasteiger partial charge in [-0.2, -0.15) is 4.72 Å². The molecule has 4 bridgehead atoms. The van der Waals surface area contributed by atoms with Gasteiger partial charge < -0.3 is 9.64 Å². The third-order valence-electron chi connectivity index (χ3n) is 11.5. The highest BCUT2D eigenvalue weighted by Crippen LogP contribution is 2.52. The molecule has 3 heterocycles. The smallest absolute Gasteiger partial charge is 0.216 e. The fraction of sp³-hybridized carbons (Fsp3) is 0.824. The summed E-state index contributed by atoms with van der Waals surface area (Å²) < 4.78 is 37.6. The van der Waals surface area contributed by atoms with Gasteiger partial charge in [-0.25, -0.2) is 8.42 Å². The lowest BCUT2D eigenvalue weighted by Crippen LogP contribution is -2.64. The molecule has 8 nitrogen and oxygen atoms in total. The number of nitrogens with zero attached hydrogens (tertiary/aromatic N) is 2. The SMILES string of the molecule is Cc1cccc(C)c1C1CC2NC(N1)NS(=O)(=O)C1CCCC(C1)CN(C1CC3(CCN(C)CC3)C1)[C@H](CC(C)C)CO2. The zero-order valence-electron chi connectivity index (χ0n) is 27.3. The average molecular weight is 616 g/mol. The second-order valence-electron chi connectivity index (χ2n) is 15.3. The molecule has 2 saturated carbocycles. The molecule has 3 N–H and O–H groups in total. The molecule has 3 saturated heterocycles. The summed E-state index contributed by atoms with van der Waals surface area (Å²) in [5.41, 5.74) is 4.21. The highest BCUT2D eigenvalue weighted by molar-refractivity contribution is 7.90. The van der Waals surface area contributed by atoms with Gasteiger partial charge in [0, 0.05) is 31.1 Å². The van der Waals surface area contributed by atoms with E-state index in [1.807, 2.05) is 0 Å². The highest BCUT2D eigenvalue weighted by Gasteiger charge is 2.49. The van der Waals surface area contributed by atoms with Crippen molar-refractivity contribution in [2.45, 2.75) is 128 Å². The Kier molecular flexibility index (Phi) is 9.62. The average Bonchev–Trinajstić information content (AvgIpc) is 2.93. The van der Waals surface area contributed by atoms with E-state index in [-0.39, 0.29) is 17.5 Å². The van der Waals surface area contributed by atoms with Crippen LogP contribution >= 0.6 is 0 Å². The molecule has 1 aromatic rings. The van der Waals surface area contributed by atoms with Crippen molar-refractivity contribution < 1.29 is 13.2 Å². The molecular weight excluding hydrogens is 558 g/mol. The Morgan fingerprint density at radius 1 is 1.05 bits per heavy atom. The largest absolute Gasteiger partial charge is 0.362 e. The first kappa shape index (κ1) is 31.9. The van der Waals surface area contributed by atoms with Gasteiger partial charge in [0.05, 0.1) is 11.9 Å². The topological polar surface area (TPSA) is 85.9 Å². The minimum Gasteiger partial charge on any atom is -0.362 e. The summed E-state index contributed by atoms with van der Waals surface area (Å²) in [4.78, 5) is 5.30.